The van der Waals surface area contributed by atoms with Gasteiger partial charge in [0.2, 0.25) is 5.91 Å². The van der Waals surface area contributed by atoms with E-state index in [9.17, 15) is 4.79 Å². The molecule has 8 nitrogen and oxygen atoms in total. The monoisotopic (exact) mass is 391 g/mol. The van der Waals surface area contributed by atoms with E-state index in [1.54, 1.807) is 11.0 Å². The van der Waals surface area contributed by atoms with Gasteiger partial charge in [0.25, 0.3) is 0 Å². The fraction of sp³-hybridized carbons (Fsp3) is 0.429. The molecule has 2 aliphatic heterocycles. The molecule has 0 bridgehead atoms. The number of nitrogens with zero attached hydrogens (tertiary/aromatic N) is 7. The lowest BCUT2D eigenvalue weighted by atomic mass is 10.1. The molecule has 0 aliphatic carbocycles. The molecule has 29 heavy (non-hydrogen) atoms. The zero-order chi connectivity index (χ0) is 20.0. The van der Waals surface area contributed by atoms with Gasteiger partial charge in [-0.1, -0.05) is 18.2 Å². The summed E-state index contributed by atoms with van der Waals surface area (Å²) in [6, 6.07) is 8.09. The van der Waals surface area contributed by atoms with Gasteiger partial charge in [0.05, 0.1) is 17.6 Å². The van der Waals surface area contributed by atoms with E-state index in [0.29, 0.717) is 0 Å². The van der Waals surface area contributed by atoms with Crippen molar-refractivity contribution < 1.29 is 4.79 Å². The number of benzene rings is 1. The Morgan fingerprint density at radius 3 is 2.69 bits per heavy atom. The molecule has 8 heteroatoms. The molecule has 1 unspecified atom stereocenters. The second-order valence-electron chi connectivity index (χ2n) is 7.77. The first-order valence-corrected chi connectivity index (χ1v) is 10.1. The third-order valence-corrected chi connectivity index (χ3v) is 6.18. The predicted octanol–water partition coefficient (Wildman–Crippen LogP) is 1.46. The van der Waals surface area contributed by atoms with Crippen molar-refractivity contribution in [3.63, 3.8) is 0 Å². The second-order valence-corrected chi connectivity index (χ2v) is 7.77. The molecule has 5 rings (SSSR count). The summed E-state index contributed by atoms with van der Waals surface area (Å²) < 4.78 is 1.77. The fourth-order valence-corrected chi connectivity index (χ4v) is 4.47. The van der Waals surface area contributed by atoms with Crippen molar-refractivity contribution in [1.82, 2.24) is 24.6 Å². The molecule has 2 aliphatic rings. The number of aryl methyl sites for hydroxylation is 1. The normalized spacial score (nSPS) is 18.3. The van der Waals surface area contributed by atoms with Crippen molar-refractivity contribution >= 4 is 28.4 Å². The van der Waals surface area contributed by atoms with Gasteiger partial charge in [-0.15, -0.1) is 0 Å². The maximum Gasteiger partial charge on any atom is 0.244 e. The number of fused-ring (bicyclic) bond motifs is 2. The summed E-state index contributed by atoms with van der Waals surface area (Å²) in [6.45, 7) is 6.12. The van der Waals surface area contributed by atoms with E-state index in [4.69, 9.17) is 0 Å². The smallest absolute Gasteiger partial charge is 0.244 e. The van der Waals surface area contributed by atoms with Gasteiger partial charge in [-0.25, -0.2) is 9.97 Å². The summed E-state index contributed by atoms with van der Waals surface area (Å²) >= 11 is 0. The van der Waals surface area contributed by atoms with Crippen molar-refractivity contribution in [2.24, 2.45) is 7.05 Å². The zero-order valence-corrected chi connectivity index (χ0v) is 16.8. The number of hydrogen-bond donors (Lipinski definition) is 0. The van der Waals surface area contributed by atoms with Gasteiger partial charge in [-0.3, -0.25) is 14.4 Å². The minimum Gasteiger partial charge on any atom is -0.353 e. The van der Waals surface area contributed by atoms with Gasteiger partial charge in [-0.05, 0) is 25.0 Å². The number of carbonyl (C=O) groups is 1. The first-order valence-electron chi connectivity index (χ1n) is 10.1. The van der Waals surface area contributed by atoms with Crippen LogP contribution in [-0.2, 0) is 18.3 Å². The van der Waals surface area contributed by atoms with Gasteiger partial charge in [0.15, 0.2) is 5.65 Å². The Morgan fingerprint density at radius 1 is 1.07 bits per heavy atom. The molecule has 150 valence electrons. The SMILES string of the molecule is CC(C(=O)N1CCc2ccccc21)N1CCN(c2ncnc3c2cnn3C)CC1. The van der Waals surface area contributed by atoms with E-state index < -0.39 is 0 Å². The van der Waals surface area contributed by atoms with Gasteiger partial charge < -0.3 is 9.80 Å². The Morgan fingerprint density at radius 2 is 1.86 bits per heavy atom. The Hall–Kier alpha value is -3.00. The van der Waals surface area contributed by atoms with Crippen LogP contribution in [0.1, 0.15) is 12.5 Å². The zero-order valence-electron chi connectivity index (χ0n) is 16.8. The average molecular weight is 391 g/mol. The highest BCUT2D eigenvalue weighted by Gasteiger charge is 2.32. The van der Waals surface area contributed by atoms with Crippen LogP contribution in [0.25, 0.3) is 11.0 Å². The lowest BCUT2D eigenvalue weighted by molar-refractivity contribution is -0.123. The molecule has 1 atom stereocenters. The minimum absolute atomic E-state index is 0.132. The maximum atomic E-state index is 13.2. The maximum absolute atomic E-state index is 13.2. The first-order chi connectivity index (χ1) is 14.1. The van der Waals surface area contributed by atoms with Crippen molar-refractivity contribution in [1.29, 1.82) is 0 Å². The lowest BCUT2D eigenvalue weighted by Crippen LogP contribution is -2.54. The molecule has 4 heterocycles. The number of piperazine rings is 1. The molecular formula is C21H25N7O. The van der Waals surface area contributed by atoms with E-state index in [1.807, 2.05) is 37.2 Å². The minimum atomic E-state index is -0.132. The molecule has 0 spiro atoms. The Labute approximate surface area is 169 Å². The Balaban J connectivity index is 1.27. The standard InChI is InChI=1S/C21H25N7O/c1-15(21(29)28-8-7-16-5-3-4-6-18(16)28)26-9-11-27(12-10-26)20-17-13-24-25(2)19(17)22-14-23-20/h3-6,13-15H,7-12H2,1-2H3. The second kappa shape index (κ2) is 7.11. The van der Waals surface area contributed by atoms with Crippen LogP contribution in [0.5, 0.6) is 0 Å². The number of carbonyl (C=O) groups excluding carboxylic acids is 1. The molecule has 1 saturated heterocycles. The van der Waals surface area contributed by atoms with Gasteiger partial charge in [0.1, 0.15) is 12.1 Å². The highest BCUT2D eigenvalue weighted by Crippen LogP contribution is 2.29. The number of hydrogen-bond acceptors (Lipinski definition) is 6. The Bertz CT molecular complexity index is 1050. The van der Waals surface area contributed by atoms with Crippen molar-refractivity contribution in [2.75, 3.05) is 42.5 Å². The van der Waals surface area contributed by atoms with Crippen LogP contribution in [0.2, 0.25) is 0 Å². The van der Waals surface area contributed by atoms with Gasteiger partial charge in [-0.2, -0.15) is 5.10 Å². The summed E-state index contributed by atoms with van der Waals surface area (Å²) in [7, 11) is 1.89. The molecule has 3 aromatic rings. The molecule has 0 saturated carbocycles. The number of aromatic nitrogens is 4. The summed E-state index contributed by atoms with van der Waals surface area (Å²) in [5, 5.41) is 5.28. The average Bonchev–Trinajstić information content (AvgIpc) is 3.37. The number of rotatable bonds is 3. The van der Waals surface area contributed by atoms with Crippen molar-refractivity contribution in [3.8, 4) is 0 Å². The van der Waals surface area contributed by atoms with Gasteiger partial charge >= 0.3 is 0 Å². The summed E-state index contributed by atoms with van der Waals surface area (Å²) in [6.07, 6.45) is 4.37. The quantitative estimate of drug-likeness (QED) is 0.673. The molecule has 2 aromatic heterocycles. The topological polar surface area (TPSA) is 70.4 Å². The molecular weight excluding hydrogens is 366 g/mol. The molecule has 0 N–H and O–H groups in total. The van der Waals surface area contributed by atoms with Crippen molar-refractivity contribution in [2.45, 2.75) is 19.4 Å². The van der Waals surface area contributed by atoms with E-state index >= 15 is 0 Å². The van der Waals surface area contributed by atoms with Crippen LogP contribution in [0.15, 0.2) is 36.8 Å². The third kappa shape index (κ3) is 3.04. The van der Waals surface area contributed by atoms with Crippen LogP contribution in [0.4, 0.5) is 11.5 Å². The summed E-state index contributed by atoms with van der Waals surface area (Å²) in [5.41, 5.74) is 3.18. The number of anilines is 2. The highest BCUT2D eigenvalue weighted by molar-refractivity contribution is 5.98. The van der Waals surface area contributed by atoms with E-state index in [0.717, 1.165) is 61.7 Å². The van der Waals surface area contributed by atoms with Crippen LogP contribution in [-0.4, -0.2) is 69.3 Å². The van der Waals surface area contributed by atoms with E-state index in [-0.39, 0.29) is 11.9 Å². The molecule has 1 fully saturated rings. The van der Waals surface area contributed by atoms with E-state index in [2.05, 4.69) is 37.0 Å². The molecule has 0 radical (unpaired) electrons. The van der Waals surface area contributed by atoms with Crippen LogP contribution >= 0.6 is 0 Å². The molecule has 1 amide bonds. The number of para-hydroxylation sites is 1. The van der Waals surface area contributed by atoms with Crippen LogP contribution < -0.4 is 9.80 Å². The highest BCUT2D eigenvalue weighted by atomic mass is 16.2. The van der Waals surface area contributed by atoms with Crippen LogP contribution in [0.3, 0.4) is 0 Å². The van der Waals surface area contributed by atoms with E-state index in [1.165, 1.54) is 5.56 Å². The molecule has 1 aromatic carbocycles. The Kier molecular flexibility index (Phi) is 4.43. The third-order valence-electron chi connectivity index (χ3n) is 6.18. The fourth-order valence-electron chi connectivity index (χ4n) is 4.47. The van der Waals surface area contributed by atoms with Gasteiger partial charge in [0, 0.05) is 45.5 Å². The largest absolute Gasteiger partial charge is 0.353 e. The number of amides is 1. The summed E-state index contributed by atoms with van der Waals surface area (Å²) in [4.78, 5) is 28.5. The first kappa shape index (κ1) is 18.1. The van der Waals surface area contributed by atoms with Crippen LogP contribution in [0, 0.1) is 0 Å². The van der Waals surface area contributed by atoms with Crippen molar-refractivity contribution in [3.05, 3.63) is 42.4 Å². The lowest BCUT2D eigenvalue weighted by Gasteiger charge is -2.39. The summed E-state index contributed by atoms with van der Waals surface area (Å²) in [5.74, 6) is 1.12. The predicted molar refractivity (Wildman–Crippen MR) is 112 cm³/mol.